The third-order valence-corrected chi connectivity index (χ3v) is 2.76. The molecule has 15 heavy (non-hydrogen) atoms. The molecule has 0 aliphatic carbocycles. The Kier molecular flexibility index (Phi) is 4.43. The fourth-order valence-corrected chi connectivity index (χ4v) is 2.16. The highest BCUT2D eigenvalue weighted by molar-refractivity contribution is 9.08. The van der Waals surface area contributed by atoms with E-state index in [1.165, 1.54) is 6.20 Å². The van der Waals surface area contributed by atoms with Crippen LogP contribution < -0.4 is 0 Å². The van der Waals surface area contributed by atoms with Gasteiger partial charge < -0.3 is 0 Å². The summed E-state index contributed by atoms with van der Waals surface area (Å²) in [5.41, 5.74) is 0.291. The molecular formula is C9H6BrClF2N2. The van der Waals surface area contributed by atoms with E-state index in [4.69, 9.17) is 16.9 Å². The minimum absolute atomic E-state index is 0.0452. The first-order valence-corrected chi connectivity index (χ1v) is 5.49. The third kappa shape index (κ3) is 2.64. The Hall–Kier alpha value is -0.730. The van der Waals surface area contributed by atoms with Gasteiger partial charge in [-0.15, -0.1) is 0 Å². The van der Waals surface area contributed by atoms with Gasteiger partial charge in [0, 0.05) is 22.7 Å². The minimum atomic E-state index is -2.65. The third-order valence-electron chi connectivity index (χ3n) is 1.88. The molecule has 0 aliphatic heterocycles. The Bertz CT molecular complexity index is 404. The van der Waals surface area contributed by atoms with E-state index in [-0.39, 0.29) is 33.6 Å². The molecule has 0 aliphatic rings. The molecule has 0 N–H and O–H groups in total. The van der Waals surface area contributed by atoms with Crippen molar-refractivity contribution in [2.24, 2.45) is 0 Å². The van der Waals surface area contributed by atoms with Crippen molar-refractivity contribution < 1.29 is 8.78 Å². The van der Waals surface area contributed by atoms with Gasteiger partial charge in [0.15, 0.2) is 0 Å². The summed E-state index contributed by atoms with van der Waals surface area (Å²) in [6, 6.07) is 1.82. The Balaban J connectivity index is 3.36. The Morgan fingerprint density at radius 3 is 2.73 bits per heavy atom. The van der Waals surface area contributed by atoms with Gasteiger partial charge in [0.05, 0.1) is 12.5 Å². The normalized spacial score (nSPS) is 10.4. The van der Waals surface area contributed by atoms with Crippen LogP contribution in [0.1, 0.15) is 23.1 Å². The zero-order valence-corrected chi connectivity index (χ0v) is 9.82. The zero-order chi connectivity index (χ0) is 11.4. The number of alkyl halides is 3. The van der Waals surface area contributed by atoms with Gasteiger partial charge in [0.25, 0.3) is 6.43 Å². The average molecular weight is 296 g/mol. The summed E-state index contributed by atoms with van der Waals surface area (Å²) in [6.07, 6.45) is -1.52. The number of hydrogen-bond donors (Lipinski definition) is 0. The van der Waals surface area contributed by atoms with Gasteiger partial charge in [0.1, 0.15) is 5.15 Å². The van der Waals surface area contributed by atoms with Crippen LogP contribution in [0, 0.1) is 11.3 Å². The number of halogens is 4. The molecule has 0 unspecified atom stereocenters. The van der Waals surface area contributed by atoms with E-state index in [2.05, 4.69) is 20.9 Å². The lowest BCUT2D eigenvalue weighted by Gasteiger charge is -2.11. The van der Waals surface area contributed by atoms with Crippen molar-refractivity contribution >= 4 is 27.5 Å². The number of pyridine rings is 1. The van der Waals surface area contributed by atoms with E-state index in [0.29, 0.717) is 0 Å². The maximum Gasteiger partial charge on any atom is 0.264 e. The largest absolute Gasteiger partial charge is 0.264 e. The molecule has 0 fully saturated rings. The quantitative estimate of drug-likeness (QED) is 0.630. The predicted molar refractivity (Wildman–Crippen MR) is 56.2 cm³/mol. The maximum absolute atomic E-state index is 12.8. The van der Waals surface area contributed by atoms with E-state index >= 15 is 0 Å². The topological polar surface area (TPSA) is 36.7 Å². The minimum Gasteiger partial charge on any atom is -0.244 e. The monoisotopic (exact) mass is 294 g/mol. The van der Waals surface area contributed by atoms with Crippen LogP contribution in [0.15, 0.2) is 6.20 Å². The highest BCUT2D eigenvalue weighted by Crippen LogP contribution is 2.31. The van der Waals surface area contributed by atoms with Crippen LogP contribution in [0.3, 0.4) is 0 Å². The average Bonchev–Trinajstić information content (AvgIpc) is 2.20. The van der Waals surface area contributed by atoms with Gasteiger partial charge in [-0.25, -0.2) is 13.8 Å². The standard InChI is InChI=1S/C9H6BrClF2N2/c10-3-6-7(9(12)13)5(1-2-14)4-15-8(6)11/h4,9H,1,3H2. The number of hydrogen-bond acceptors (Lipinski definition) is 2. The summed E-state index contributed by atoms with van der Waals surface area (Å²) in [7, 11) is 0. The second-order valence-electron chi connectivity index (χ2n) is 2.74. The van der Waals surface area contributed by atoms with Gasteiger partial charge in [-0.2, -0.15) is 5.26 Å². The van der Waals surface area contributed by atoms with E-state index in [9.17, 15) is 8.78 Å². The molecule has 6 heteroatoms. The van der Waals surface area contributed by atoms with E-state index in [1.807, 2.05) is 6.07 Å². The number of aromatic nitrogens is 1. The molecule has 0 spiro atoms. The summed E-state index contributed by atoms with van der Waals surface area (Å²) >= 11 is 8.76. The van der Waals surface area contributed by atoms with Crippen molar-refractivity contribution in [3.05, 3.63) is 28.0 Å². The van der Waals surface area contributed by atoms with Crippen LogP contribution in [-0.4, -0.2) is 4.98 Å². The molecule has 0 amide bonds. The molecule has 1 aromatic rings. The molecule has 0 bridgehead atoms. The SMILES string of the molecule is N#CCc1cnc(Cl)c(CBr)c1C(F)F. The summed E-state index contributed by atoms with van der Waals surface area (Å²) in [4.78, 5) is 3.76. The Morgan fingerprint density at radius 1 is 1.60 bits per heavy atom. The van der Waals surface area contributed by atoms with Gasteiger partial charge in [-0.05, 0) is 5.56 Å². The lowest BCUT2D eigenvalue weighted by molar-refractivity contribution is 0.149. The zero-order valence-electron chi connectivity index (χ0n) is 7.48. The van der Waals surface area contributed by atoms with Gasteiger partial charge in [-0.3, -0.25) is 0 Å². The highest BCUT2D eigenvalue weighted by atomic mass is 79.9. The van der Waals surface area contributed by atoms with Crippen LogP contribution in [0.5, 0.6) is 0 Å². The van der Waals surface area contributed by atoms with Crippen molar-refractivity contribution in [1.29, 1.82) is 5.26 Å². The summed E-state index contributed by atoms with van der Waals surface area (Å²) in [6.45, 7) is 0. The molecule has 0 atom stereocenters. The number of rotatable bonds is 3. The first-order chi connectivity index (χ1) is 7.11. The molecule has 0 radical (unpaired) electrons. The molecule has 0 aromatic carbocycles. The molecule has 1 heterocycles. The van der Waals surface area contributed by atoms with E-state index < -0.39 is 6.43 Å². The Morgan fingerprint density at radius 2 is 2.27 bits per heavy atom. The molecule has 2 nitrogen and oxygen atoms in total. The second-order valence-corrected chi connectivity index (χ2v) is 3.65. The second kappa shape index (κ2) is 5.38. The molecule has 1 rings (SSSR count). The predicted octanol–water partition coefficient (Wildman–Crippen LogP) is 3.63. The van der Waals surface area contributed by atoms with Crippen molar-refractivity contribution in [3.8, 4) is 6.07 Å². The van der Waals surface area contributed by atoms with Crippen LogP contribution in [-0.2, 0) is 11.8 Å². The molecule has 80 valence electrons. The molecule has 0 saturated carbocycles. The van der Waals surface area contributed by atoms with E-state index in [1.54, 1.807) is 0 Å². The lowest BCUT2D eigenvalue weighted by atomic mass is 10.0. The molecule has 0 saturated heterocycles. The first kappa shape index (κ1) is 12.3. The van der Waals surface area contributed by atoms with Crippen LogP contribution in [0.2, 0.25) is 5.15 Å². The smallest absolute Gasteiger partial charge is 0.244 e. The van der Waals surface area contributed by atoms with Gasteiger partial charge >= 0.3 is 0 Å². The fourth-order valence-electron chi connectivity index (χ4n) is 1.21. The highest BCUT2D eigenvalue weighted by Gasteiger charge is 2.20. The molecule has 1 aromatic heterocycles. The first-order valence-electron chi connectivity index (χ1n) is 3.99. The summed E-state index contributed by atoms with van der Waals surface area (Å²) < 4.78 is 25.5. The number of nitrogens with zero attached hydrogens (tertiary/aromatic N) is 2. The fraction of sp³-hybridized carbons (Fsp3) is 0.333. The maximum atomic E-state index is 12.8. The van der Waals surface area contributed by atoms with Crippen LogP contribution in [0.4, 0.5) is 8.78 Å². The van der Waals surface area contributed by atoms with Gasteiger partial charge in [0.2, 0.25) is 0 Å². The van der Waals surface area contributed by atoms with Crippen LogP contribution >= 0.6 is 27.5 Å². The van der Waals surface area contributed by atoms with Crippen molar-refractivity contribution in [3.63, 3.8) is 0 Å². The van der Waals surface area contributed by atoms with Crippen molar-refractivity contribution in [2.45, 2.75) is 18.2 Å². The van der Waals surface area contributed by atoms with E-state index in [0.717, 1.165) is 0 Å². The van der Waals surface area contributed by atoms with Crippen molar-refractivity contribution in [2.75, 3.05) is 0 Å². The van der Waals surface area contributed by atoms with Gasteiger partial charge in [-0.1, -0.05) is 27.5 Å². The Labute approximate surface area is 99.0 Å². The van der Waals surface area contributed by atoms with Crippen LogP contribution in [0.25, 0.3) is 0 Å². The molecular weight excluding hydrogens is 289 g/mol. The summed E-state index contributed by atoms with van der Waals surface area (Å²) in [5.74, 6) is 0. The lowest BCUT2D eigenvalue weighted by Crippen LogP contribution is -2.02. The summed E-state index contributed by atoms with van der Waals surface area (Å²) in [5, 5.41) is 8.73. The number of nitriles is 1. The van der Waals surface area contributed by atoms with Crippen molar-refractivity contribution in [1.82, 2.24) is 4.98 Å².